The summed E-state index contributed by atoms with van der Waals surface area (Å²) < 4.78 is 8.66. The van der Waals surface area contributed by atoms with E-state index in [0.717, 1.165) is 21.1 Å². The third kappa shape index (κ3) is 3.52. The Morgan fingerprint density at radius 2 is 2.00 bits per heavy atom. The Hall–Kier alpha value is -2.36. The zero-order valence-electron chi connectivity index (χ0n) is 12.4. The Kier molecular flexibility index (Phi) is 4.60. The van der Waals surface area contributed by atoms with Gasteiger partial charge >= 0.3 is 0 Å². The monoisotopic (exact) mass is 370 g/mol. The summed E-state index contributed by atoms with van der Waals surface area (Å²) in [7, 11) is 0. The molecule has 5 nitrogen and oxygen atoms in total. The van der Waals surface area contributed by atoms with Gasteiger partial charge in [0.05, 0.1) is 35.9 Å². The molecule has 2 aromatic carbocycles. The number of benzene rings is 2. The van der Waals surface area contributed by atoms with E-state index in [2.05, 4.69) is 27.0 Å². The second-order valence-electron chi connectivity index (χ2n) is 5.12. The number of nitriles is 1. The fourth-order valence-electron chi connectivity index (χ4n) is 2.38. The maximum atomic E-state index is 8.93. The molecule has 0 unspecified atom stereocenters. The van der Waals surface area contributed by atoms with E-state index >= 15 is 0 Å². The van der Waals surface area contributed by atoms with Gasteiger partial charge < -0.3 is 15.0 Å². The van der Waals surface area contributed by atoms with Gasteiger partial charge in [0.1, 0.15) is 0 Å². The standard InChI is InChI=1S/C17H15BrN4O/c18-14-4-1-12(2-5-14)11-23-8-7-22-16-6-3-13(10-19)9-15(16)21-17(22)20/h1-6,9H,7-8,11H2,(H2,20,21). The summed E-state index contributed by atoms with van der Waals surface area (Å²) in [5, 5.41) is 8.93. The van der Waals surface area contributed by atoms with Gasteiger partial charge in [0.15, 0.2) is 0 Å². The van der Waals surface area contributed by atoms with Gasteiger partial charge in [-0.3, -0.25) is 0 Å². The van der Waals surface area contributed by atoms with Crippen LogP contribution in [0.2, 0.25) is 0 Å². The maximum Gasteiger partial charge on any atom is 0.201 e. The number of anilines is 1. The third-order valence-corrected chi connectivity index (χ3v) is 4.08. The molecule has 0 aliphatic heterocycles. The van der Waals surface area contributed by atoms with E-state index in [0.29, 0.717) is 31.3 Å². The van der Waals surface area contributed by atoms with Gasteiger partial charge in [-0.1, -0.05) is 28.1 Å². The number of rotatable bonds is 5. The first-order chi connectivity index (χ1) is 11.2. The van der Waals surface area contributed by atoms with Crippen molar-refractivity contribution in [1.29, 1.82) is 5.26 Å². The van der Waals surface area contributed by atoms with Crippen molar-refractivity contribution in [3.8, 4) is 6.07 Å². The van der Waals surface area contributed by atoms with Crippen LogP contribution in [0.3, 0.4) is 0 Å². The summed E-state index contributed by atoms with van der Waals surface area (Å²) in [6, 6.07) is 15.5. The molecular weight excluding hydrogens is 356 g/mol. The highest BCUT2D eigenvalue weighted by atomic mass is 79.9. The highest BCUT2D eigenvalue weighted by molar-refractivity contribution is 9.10. The molecule has 1 aromatic heterocycles. The Balaban J connectivity index is 1.64. The van der Waals surface area contributed by atoms with Crippen LogP contribution >= 0.6 is 15.9 Å². The van der Waals surface area contributed by atoms with Gasteiger partial charge in [-0.2, -0.15) is 5.26 Å². The van der Waals surface area contributed by atoms with Crippen LogP contribution in [-0.2, 0) is 17.9 Å². The van der Waals surface area contributed by atoms with Gasteiger partial charge in [0.25, 0.3) is 0 Å². The number of fused-ring (bicyclic) bond motifs is 1. The third-order valence-electron chi connectivity index (χ3n) is 3.55. The van der Waals surface area contributed by atoms with Crippen LogP contribution in [0.15, 0.2) is 46.9 Å². The second kappa shape index (κ2) is 6.82. The first-order valence-electron chi connectivity index (χ1n) is 7.15. The molecule has 0 bridgehead atoms. The quantitative estimate of drug-likeness (QED) is 0.697. The maximum absolute atomic E-state index is 8.93. The van der Waals surface area contributed by atoms with Gasteiger partial charge in [-0.25, -0.2) is 4.98 Å². The summed E-state index contributed by atoms with van der Waals surface area (Å²) in [6.45, 7) is 1.70. The molecule has 3 rings (SSSR count). The number of hydrogen-bond donors (Lipinski definition) is 1. The van der Waals surface area contributed by atoms with Gasteiger partial charge in [0.2, 0.25) is 5.95 Å². The van der Waals surface area contributed by atoms with Crippen molar-refractivity contribution in [1.82, 2.24) is 9.55 Å². The van der Waals surface area contributed by atoms with Crippen molar-refractivity contribution in [3.05, 3.63) is 58.1 Å². The number of hydrogen-bond acceptors (Lipinski definition) is 4. The summed E-state index contributed by atoms with van der Waals surface area (Å²) in [5.74, 6) is 0.433. The van der Waals surface area contributed by atoms with Crippen molar-refractivity contribution in [2.75, 3.05) is 12.3 Å². The molecule has 6 heteroatoms. The molecular formula is C17H15BrN4O. The summed E-state index contributed by atoms with van der Waals surface area (Å²) in [5.41, 5.74) is 9.30. The van der Waals surface area contributed by atoms with Crippen LogP contribution in [0.1, 0.15) is 11.1 Å². The van der Waals surface area contributed by atoms with E-state index in [-0.39, 0.29) is 0 Å². The van der Waals surface area contributed by atoms with Crippen molar-refractivity contribution in [2.45, 2.75) is 13.2 Å². The number of nitrogens with two attached hydrogens (primary N) is 1. The van der Waals surface area contributed by atoms with Crippen molar-refractivity contribution in [3.63, 3.8) is 0 Å². The zero-order chi connectivity index (χ0) is 16.2. The van der Waals surface area contributed by atoms with E-state index in [9.17, 15) is 0 Å². The Morgan fingerprint density at radius 3 is 2.74 bits per heavy atom. The van der Waals surface area contributed by atoms with E-state index < -0.39 is 0 Å². The number of ether oxygens (including phenoxy) is 1. The average Bonchev–Trinajstić information content (AvgIpc) is 2.87. The molecule has 0 spiro atoms. The SMILES string of the molecule is N#Cc1ccc2c(c1)nc(N)n2CCOCc1ccc(Br)cc1. The molecule has 0 saturated carbocycles. The van der Waals surface area contributed by atoms with Crippen molar-refractivity contribution >= 4 is 32.9 Å². The second-order valence-corrected chi connectivity index (χ2v) is 6.03. The molecule has 1 heterocycles. The fraction of sp³-hybridized carbons (Fsp3) is 0.176. The molecule has 3 aromatic rings. The summed E-state index contributed by atoms with van der Waals surface area (Å²) >= 11 is 3.41. The molecule has 0 saturated heterocycles. The molecule has 23 heavy (non-hydrogen) atoms. The molecule has 116 valence electrons. The molecule has 2 N–H and O–H groups in total. The Morgan fingerprint density at radius 1 is 1.22 bits per heavy atom. The van der Waals surface area contributed by atoms with Crippen LogP contribution in [0.4, 0.5) is 5.95 Å². The smallest absolute Gasteiger partial charge is 0.201 e. The van der Waals surface area contributed by atoms with Crippen molar-refractivity contribution in [2.24, 2.45) is 0 Å². The zero-order valence-corrected chi connectivity index (χ0v) is 14.0. The summed E-state index contributed by atoms with van der Waals surface area (Å²) in [4.78, 5) is 4.30. The van der Waals surface area contributed by atoms with Crippen LogP contribution < -0.4 is 5.73 Å². The molecule has 0 fully saturated rings. The first-order valence-corrected chi connectivity index (χ1v) is 7.95. The van der Waals surface area contributed by atoms with Gasteiger partial charge in [0, 0.05) is 11.0 Å². The minimum atomic E-state index is 0.433. The minimum absolute atomic E-state index is 0.433. The fourth-order valence-corrected chi connectivity index (χ4v) is 2.64. The van der Waals surface area contributed by atoms with Crippen LogP contribution in [0.5, 0.6) is 0 Å². The van der Waals surface area contributed by atoms with Crippen LogP contribution in [0.25, 0.3) is 11.0 Å². The lowest BCUT2D eigenvalue weighted by molar-refractivity contribution is 0.114. The predicted molar refractivity (Wildman–Crippen MR) is 92.7 cm³/mol. The van der Waals surface area contributed by atoms with Crippen molar-refractivity contribution < 1.29 is 4.74 Å². The number of halogens is 1. The summed E-state index contributed by atoms with van der Waals surface area (Å²) in [6.07, 6.45) is 0. The topological polar surface area (TPSA) is 76.9 Å². The number of nitrogens with zero attached hydrogens (tertiary/aromatic N) is 3. The van der Waals surface area contributed by atoms with E-state index in [1.807, 2.05) is 34.9 Å². The Bertz CT molecular complexity index is 865. The Labute approximate surface area is 142 Å². The lowest BCUT2D eigenvalue weighted by Crippen LogP contribution is -2.09. The normalized spacial score (nSPS) is 10.8. The van der Waals surface area contributed by atoms with Crippen LogP contribution in [-0.4, -0.2) is 16.2 Å². The van der Waals surface area contributed by atoms with E-state index in [1.165, 1.54) is 0 Å². The van der Waals surface area contributed by atoms with E-state index in [1.54, 1.807) is 12.1 Å². The minimum Gasteiger partial charge on any atom is -0.375 e. The van der Waals surface area contributed by atoms with Crippen LogP contribution in [0, 0.1) is 11.3 Å². The predicted octanol–water partition coefficient (Wildman–Crippen LogP) is 3.47. The lowest BCUT2D eigenvalue weighted by Gasteiger charge is -2.08. The molecule has 0 aliphatic rings. The number of imidazole rings is 1. The molecule has 0 atom stereocenters. The largest absolute Gasteiger partial charge is 0.375 e. The van der Waals surface area contributed by atoms with E-state index in [4.69, 9.17) is 15.7 Å². The average molecular weight is 371 g/mol. The first kappa shape index (κ1) is 15.5. The highest BCUT2D eigenvalue weighted by Gasteiger charge is 2.08. The molecule has 0 amide bonds. The van der Waals surface area contributed by atoms with Gasteiger partial charge in [-0.05, 0) is 35.9 Å². The molecule has 0 radical (unpaired) electrons. The number of nitrogen functional groups attached to an aromatic ring is 1. The molecule has 0 aliphatic carbocycles. The highest BCUT2D eigenvalue weighted by Crippen LogP contribution is 2.19. The lowest BCUT2D eigenvalue weighted by atomic mass is 10.2. The number of aromatic nitrogens is 2. The van der Waals surface area contributed by atoms with Gasteiger partial charge in [-0.15, -0.1) is 0 Å².